The van der Waals surface area contributed by atoms with Gasteiger partial charge < -0.3 is 29.5 Å². The third-order valence-corrected chi connectivity index (χ3v) is 10.3. The molecule has 3 N–H and O–H groups in total. The van der Waals surface area contributed by atoms with E-state index in [1.54, 1.807) is 32.1 Å². The van der Waals surface area contributed by atoms with Crippen molar-refractivity contribution >= 4 is 23.6 Å². The zero-order chi connectivity index (χ0) is 34.5. The van der Waals surface area contributed by atoms with Crippen LogP contribution in [0.1, 0.15) is 96.1 Å². The van der Waals surface area contributed by atoms with Gasteiger partial charge in [0.25, 0.3) is 0 Å². The van der Waals surface area contributed by atoms with Crippen LogP contribution in [0.25, 0.3) is 6.08 Å². The topological polar surface area (TPSA) is 140 Å². The third-order valence-electron chi connectivity index (χ3n) is 10.3. The van der Waals surface area contributed by atoms with Gasteiger partial charge in [0.15, 0.2) is 22.8 Å². The molecule has 3 aliphatic carbocycles. The highest BCUT2D eigenvalue weighted by Crippen LogP contribution is 2.68. The number of allylic oxidation sites excluding steroid dienone is 3. The average Bonchev–Trinajstić information content (AvgIpc) is 3.11. The number of Topliss-reactive ketones (excluding diaryl/α,β-unsaturated/α-hetero) is 2. The number of aromatic hydroxyl groups is 1. The van der Waals surface area contributed by atoms with Crippen molar-refractivity contribution < 1.29 is 43.9 Å². The summed E-state index contributed by atoms with van der Waals surface area (Å²) in [6, 6.07) is 0. The lowest BCUT2D eigenvalue weighted by Crippen LogP contribution is -2.72. The van der Waals surface area contributed by atoms with E-state index in [1.165, 1.54) is 13.0 Å². The summed E-state index contributed by atoms with van der Waals surface area (Å²) in [5.74, 6) is -2.58. The predicted octanol–water partition coefficient (Wildman–Crippen LogP) is 6.21. The molecular formula is C38H44O9. The first-order valence-electron chi connectivity index (χ1n) is 16.2. The van der Waals surface area contributed by atoms with E-state index in [0.29, 0.717) is 36.1 Å². The molecule has 0 aromatic heterocycles. The van der Waals surface area contributed by atoms with Crippen molar-refractivity contribution in [2.24, 2.45) is 11.8 Å². The number of aliphatic carboxylic acids is 1. The highest BCUT2D eigenvalue weighted by atomic mass is 16.6. The summed E-state index contributed by atoms with van der Waals surface area (Å²) in [4.78, 5) is 40.8. The first-order valence-corrected chi connectivity index (χ1v) is 16.2. The van der Waals surface area contributed by atoms with Crippen molar-refractivity contribution in [2.75, 3.05) is 0 Å². The fourth-order valence-electron chi connectivity index (χ4n) is 8.08. The molecule has 9 nitrogen and oxygen atoms in total. The molecule has 9 heteroatoms. The summed E-state index contributed by atoms with van der Waals surface area (Å²) in [5, 5.41) is 31.6. The molecule has 1 saturated heterocycles. The zero-order valence-electron chi connectivity index (χ0n) is 28.3. The number of ether oxygens (including phenoxy) is 3. The molecule has 6 aliphatic rings. The summed E-state index contributed by atoms with van der Waals surface area (Å²) >= 11 is 0. The van der Waals surface area contributed by atoms with Crippen molar-refractivity contribution in [1.29, 1.82) is 0 Å². The van der Waals surface area contributed by atoms with E-state index in [4.69, 9.17) is 14.2 Å². The van der Waals surface area contributed by atoms with Crippen LogP contribution < -0.4 is 9.47 Å². The van der Waals surface area contributed by atoms with Crippen LogP contribution in [-0.4, -0.2) is 60.9 Å². The molecule has 0 amide bonds. The van der Waals surface area contributed by atoms with Crippen LogP contribution >= 0.6 is 0 Å². The predicted molar refractivity (Wildman–Crippen MR) is 176 cm³/mol. The van der Waals surface area contributed by atoms with E-state index in [-0.39, 0.29) is 40.4 Å². The van der Waals surface area contributed by atoms with Crippen molar-refractivity contribution in [2.45, 2.75) is 109 Å². The highest BCUT2D eigenvalue weighted by molar-refractivity contribution is 6.19. The van der Waals surface area contributed by atoms with E-state index < -0.39 is 51.6 Å². The highest BCUT2D eigenvalue weighted by Gasteiger charge is 2.81. The van der Waals surface area contributed by atoms with Crippen LogP contribution in [-0.2, 0) is 20.7 Å². The Morgan fingerprint density at radius 1 is 1.06 bits per heavy atom. The van der Waals surface area contributed by atoms with Gasteiger partial charge in [0.2, 0.25) is 0 Å². The van der Waals surface area contributed by atoms with Crippen molar-refractivity contribution in [3.8, 4) is 17.2 Å². The Labute approximate surface area is 275 Å². The van der Waals surface area contributed by atoms with Crippen molar-refractivity contribution in [3.05, 3.63) is 69.9 Å². The van der Waals surface area contributed by atoms with Gasteiger partial charge in [-0.15, -0.1) is 0 Å². The van der Waals surface area contributed by atoms with Gasteiger partial charge >= 0.3 is 5.97 Å². The third kappa shape index (κ3) is 4.84. The first-order chi connectivity index (χ1) is 21.8. The van der Waals surface area contributed by atoms with Gasteiger partial charge in [-0.05, 0) is 80.4 Å². The first kappa shape index (κ1) is 33.0. The Kier molecular flexibility index (Phi) is 7.38. The monoisotopic (exact) mass is 644 g/mol. The number of hydrogen-bond acceptors (Lipinski definition) is 8. The van der Waals surface area contributed by atoms with Crippen LogP contribution in [0.5, 0.6) is 17.2 Å². The maximum Gasteiger partial charge on any atom is 0.330 e. The maximum absolute atomic E-state index is 14.7. The molecule has 0 radical (unpaired) electrons. The molecule has 1 spiro atoms. The van der Waals surface area contributed by atoms with E-state index in [1.807, 2.05) is 52.8 Å². The molecule has 5 atom stereocenters. The minimum absolute atomic E-state index is 0.0150. The van der Waals surface area contributed by atoms with Crippen LogP contribution in [0, 0.1) is 11.8 Å². The number of carboxylic acids is 1. The molecule has 4 bridgehead atoms. The Morgan fingerprint density at radius 2 is 1.77 bits per heavy atom. The number of carbonyl (C=O) groups excluding carboxylic acids is 2. The Morgan fingerprint density at radius 3 is 2.40 bits per heavy atom. The normalized spacial score (nSPS) is 31.5. The number of phenolic OH excluding ortho intramolecular Hbond substituents is 1. The fourth-order valence-corrected chi connectivity index (χ4v) is 8.08. The van der Waals surface area contributed by atoms with Gasteiger partial charge in [0.05, 0.1) is 16.8 Å². The van der Waals surface area contributed by atoms with E-state index in [9.17, 15) is 29.7 Å². The molecule has 1 aromatic carbocycles. The van der Waals surface area contributed by atoms with Crippen molar-refractivity contribution in [1.82, 2.24) is 0 Å². The lowest BCUT2D eigenvalue weighted by Gasteiger charge is -2.56. The quantitative estimate of drug-likeness (QED) is 0.223. The van der Waals surface area contributed by atoms with Gasteiger partial charge in [0, 0.05) is 41.4 Å². The fraction of sp³-hybridized carbons (Fsp3) is 0.500. The number of fused-ring (bicyclic) bond motifs is 2. The number of phenols is 1. The Hall–Kier alpha value is -3.95. The summed E-state index contributed by atoms with van der Waals surface area (Å²) in [5.41, 5.74) is -3.67. The van der Waals surface area contributed by atoms with Crippen molar-refractivity contribution in [3.63, 3.8) is 0 Å². The van der Waals surface area contributed by atoms with Crippen LogP contribution in [0.2, 0.25) is 0 Å². The number of carboxylic acid groups (broad SMARTS) is 1. The average molecular weight is 645 g/mol. The van der Waals surface area contributed by atoms with Crippen LogP contribution in [0.3, 0.4) is 0 Å². The molecule has 3 heterocycles. The maximum atomic E-state index is 14.7. The second-order valence-corrected chi connectivity index (χ2v) is 15.2. The molecule has 1 aromatic rings. The lowest BCUT2D eigenvalue weighted by molar-refractivity contribution is -0.171. The zero-order valence-corrected chi connectivity index (χ0v) is 28.3. The largest absolute Gasteiger partial charge is 0.506 e. The van der Waals surface area contributed by atoms with Gasteiger partial charge in [-0.1, -0.05) is 36.0 Å². The minimum Gasteiger partial charge on any atom is -0.506 e. The van der Waals surface area contributed by atoms with Crippen LogP contribution in [0.15, 0.2) is 53.2 Å². The molecule has 7 rings (SSSR count). The summed E-state index contributed by atoms with van der Waals surface area (Å²) in [6.07, 6.45) is 13.3. The standard InChI is InChI=1S/C38H44O9/c1-20(2)10-11-24-30-23(13-16-36(8,45-30)15-9-14-34(4,5)44)28(39)27-29(40)25-18-22-19-26-35(6,7)47-37(32(22)41,17-12-21(3)33(42)43)38(25,26)46-31(24)27/h9-10,12-14,16,18,22,26,39,44H,11,15,17,19H2,1-8H3,(H,42,43)/b14-9+,21-12-/t22-,26+,36?,37+,38-/m1/s1. The number of ketones is 2. The SMILES string of the molecule is CC(C)=CCc1c2c(c(O)c3c1O[C@]14C(=C[C@@H]5C[C@H]1C(C)(C)O[C@@]4(C/C=C(/C)C(=O)O)C5=O)C3=O)C=CC(C)(C/C=C/C(C)(C)O)O2. The number of aliphatic hydroxyl groups is 1. The lowest BCUT2D eigenvalue weighted by atomic mass is 9.51. The Balaban J connectivity index is 1.58. The number of rotatable bonds is 8. The molecule has 2 fully saturated rings. The summed E-state index contributed by atoms with van der Waals surface area (Å²) in [7, 11) is 0. The minimum atomic E-state index is -1.66. The van der Waals surface area contributed by atoms with Gasteiger partial charge in [-0.25, -0.2) is 4.79 Å². The number of benzene rings is 1. The van der Waals surface area contributed by atoms with Crippen LogP contribution in [0.4, 0.5) is 0 Å². The van der Waals surface area contributed by atoms with Gasteiger partial charge in [0.1, 0.15) is 28.4 Å². The molecule has 3 aliphatic heterocycles. The van der Waals surface area contributed by atoms with E-state index >= 15 is 0 Å². The van der Waals surface area contributed by atoms with Gasteiger partial charge in [-0.2, -0.15) is 0 Å². The van der Waals surface area contributed by atoms with Gasteiger partial charge in [-0.3, -0.25) is 9.59 Å². The summed E-state index contributed by atoms with van der Waals surface area (Å²) < 4.78 is 20.5. The second-order valence-electron chi connectivity index (χ2n) is 15.2. The smallest absolute Gasteiger partial charge is 0.330 e. The molecule has 47 heavy (non-hydrogen) atoms. The van der Waals surface area contributed by atoms with E-state index in [2.05, 4.69) is 0 Å². The Bertz CT molecular complexity index is 1760. The summed E-state index contributed by atoms with van der Waals surface area (Å²) in [6.45, 7) is 14.4. The number of hydrogen-bond donors (Lipinski definition) is 3. The van der Waals surface area contributed by atoms with E-state index in [0.717, 1.165) is 5.57 Å². The molecule has 250 valence electrons. The molecule has 1 saturated carbocycles. The molecular weight excluding hydrogens is 600 g/mol. The second kappa shape index (κ2) is 10.5. The number of carbonyl (C=O) groups is 3. The molecule has 1 unspecified atom stereocenters.